The Bertz CT molecular complexity index is 700. The van der Waals surface area contributed by atoms with Gasteiger partial charge < -0.3 is 4.90 Å². The average Bonchev–Trinajstić information content (AvgIpc) is 2.85. The number of piperidine rings is 1. The molecule has 0 radical (unpaired) electrons. The maximum Gasteiger partial charge on any atom is 0.279 e. The van der Waals surface area contributed by atoms with Crippen LogP contribution in [0.2, 0.25) is 10.3 Å². The van der Waals surface area contributed by atoms with E-state index in [0.717, 1.165) is 0 Å². The first-order valence-electron chi connectivity index (χ1n) is 7.25. The Morgan fingerprint density at radius 3 is 2.30 bits per heavy atom. The molecule has 7 nitrogen and oxygen atoms in total. The third kappa shape index (κ3) is 3.61. The molecule has 2 saturated heterocycles. The fraction of sp³-hybridized carbons (Fsp3) is 0.538. The van der Waals surface area contributed by atoms with Crippen molar-refractivity contribution in [2.24, 2.45) is 0 Å². The molecule has 2 aliphatic heterocycles. The van der Waals surface area contributed by atoms with Gasteiger partial charge in [0.25, 0.3) is 16.1 Å². The van der Waals surface area contributed by atoms with Crippen LogP contribution in [-0.2, 0) is 10.2 Å². The number of nitrogens with one attached hydrogen (secondary N) is 1. The van der Waals surface area contributed by atoms with Gasteiger partial charge in [-0.15, -0.1) is 0 Å². The number of aromatic nitrogens is 1. The largest absolute Gasteiger partial charge is 0.339 e. The van der Waals surface area contributed by atoms with Gasteiger partial charge in [-0.05, 0) is 25.0 Å². The third-order valence-corrected chi connectivity index (χ3v) is 6.15. The minimum absolute atomic E-state index is 0.0661. The van der Waals surface area contributed by atoms with Crippen LogP contribution < -0.4 is 4.72 Å². The van der Waals surface area contributed by atoms with Crippen LogP contribution in [0.1, 0.15) is 23.2 Å². The molecule has 1 aromatic rings. The molecule has 3 rings (SSSR count). The molecule has 3 heterocycles. The van der Waals surface area contributed by atoms with Crippen LogP contribution in [-0.4, -0.2) is 60.7 Å². The molecule has 23 heavy (non-hydrogen) atoms. The summed E-state index contributed by atoms with van der Waals surface area (Å²) in [6.45, 7) is 1.91. The molecule has 0 aliphatic carbocycles. The molecule has 1 N–H and O–H groups in total. The Kier molecular flexibility index (Phi) is 4.80. The quantitative estimate of drug-likeness (QED) is 0.782. The van der Waals surface area contributed by atoms with Gasteiger partial charge in [-0.2, -0.15) is 12.7 Å². The fourth-order valence-corrected chi connectivity index (χ4v) is 4.91. The molecule has 10 heteroatoms. The number of likely N-dealkylation sites (tertiary alicyclic amines) is 1. The molecule has 0 saturated carbocycles. The molecule has 126 valence electrons. The minimum Gasteiger partial charge on any atom is -0.339 e. The lowest BCUT2D eigenvalue weighted by atomic mass is 10.0. The van der Waals surface area contributed by atoms with E-state index < -0.39 is 10.2 Å². The summed E-state index contributed by atoms with van der Waals surface area (Å²) in [7, 11) is -3.35. The maximum absolute atomic E-state index is 12.5. The number of hydrogen-bond acceptors (Lipinski definition) is 4. The standard InChI is InChI=1S/C13H16Cl2N4O3S/c14-11-7-9(8-12(15)17-11)13(20)18-4-1-10(2-5-18)19-6-3-16-23(19,21)22/h7-8,10,16H,1-6H2. The van der Waals surface area contributed by atoms with E-state index in [1.54, 1.807) is 4.90 Å². The predicted molar refractivity (Wildman–Crippen MR) is 86.8 cm³/mol. The molecular weight excluding hydrogens is 363 g/mol. The summed E-state index contributed by atoms with van der Waals surface area (Å²) in [5.41, 5.74) is 0.393. The van der Waals surface area contributed by atoms with E-state index in [9.17, 15) is 13.2 Å². The lowest BCUT2D eigenvalue weighted by Gasteiger charge is -2.35. The second kappa shape index (κ2) is 6.52. The number of hydrogen-bond donors (Lipinski definition) is 1. The molecular formula is C13H16Cl2N4O3S. The number of pyridine rings is 1. The van der Waals surface area contributed by atoms with Gasteiger partial charge in [0.2, 0.25) is 0 Å². The summed E-state index contributed by atoms with van der Waals surface area (Å²) >= 11 is 11.7. The van der Waals surface area contributed by atoms with E-state index in [2.05, 4.69) is 9.71 Å². The highest BCUT2D eigenvalue weighted by atomic mass is 35.5. The molecule has 0 aromatic carbocycles. The zero-order valence-electron chi connectivity index (χ0n) is 12.2. The van der Waals surface area contributed by atoms with Crippen LogP contribution in [0, 0.1) is 0 Å². The summed E-state index contributed by atoms with van der Waals surface area (Å²) in [6.07, 6.45) is 1.22. The molecule has 0 atom stereocenters. The van der Waals surface area contributed by atoms with E-state index in [1.165, 1.54) is 16.4 Å². The highest BCUT2D eigenvalue weighted by Gasteiger charge is 2.36. The average molecular weight is 379 g/mol. The van der Waals surface area contributed by atoms with Crippen molar-refractivity contribution in [2.75, 3.05) is 26.2 Å². The van der Waals surface area contributed by atoms with Gasteiger partial charge in [0.05, 0.1) is 0 Å². The van der Waals surface area contributed by atoms with Crippen molar-refractivity contribution in [3.05, 3.63) is 28.0 Å². The van der Waals surface area contributed by atoms with E-state index in [-0.39, 0.29) is 22.3 Å². The van der Waals surface area contributed by atoms with Crippen LogP contribution in [0.5, 0.6) is 0 Å². The van der Waals surface area contributed by atoms with E-state index in [4.69, 9.17) is 23.2 Å². The minimum atomic E-state index is -3.35. The number of rotatable bonds is 2. The maximum atomic E-state index is 12.5. The number of halogens is 2. The van der Waals surface area contributed by atoms with Gasteiger partial charge in [-0.1, -0.05) is 23.2 Å². The van der Waals surface area contributed by atoms with Crippen LogP contribution in [0.25, 0.3) is 0 Å². The first-order chi connectivity index (χ1) is 10.9. The Balaban J connectivity index is 1.66. The molecule has 0 bridgehead atoms. The molecule has 1 aromatic heterocycles. The third-order valence-electron chi connectivity index (χ3n) is 4.09. The highest BCUT2D eigenvalue weighted by Crippen LogP contribution is 2.23. The molecule has 2 aliphatic rings. The predicted octanol–water partition coefficient (Wildman–Crippen LogP) is 1.14. The molecule has 0 spiro atoms. The lowest BCUT2D eigenvalue weighted by molar-refractivity contribution is 0.0682. The van der Waals surface area contributed by atoms with Crippen molar-refractivity contribution < 1.29 is 13.2 Å². The summed E-state index contributed by atoms with van der Waals surface area (Å²) in [5, 5.41) is 0.343. The molecule has 0 unspecified atom stereocenters. The van der Waals surface area contributed by atoms with Gasteiger partial charge >= 0.3 is 0 Å². The summed E-state index contributed by atoms with van der Waals surface area (Å²) in [6, 6.07) is 2.90. The monoisotopic (exact) mass is 378 g/mol. The summed E-state index contributed by atoms with van der Waals surface area (Å²) in [5.74, 6) is -0.169. The van der Waals surface area contributed by atoms with Crippen LogP contribution in [0.3, 0.4) is 0 Å². The summed E-state index contributed by atoms with van der Waals surface area (Å²) in [4.78, 5) is 18.0. The molecule has 2 fully saturated rings. The van der Waals surface area contributed by atoms with Crippen molar-refractivity contribution in [2.45, 2.75) is 18.9 Å². The van der Waals surface area contributed by atoms with Crippen molar-refractivity contribution >= 4 is 39.3 Å². The first kappa shape index (κ1) is 16.9. The zero-order valence-corrected chi connectivity index (χ0v) is 14.5. The Labute approximate surface area is 144 Å². The van der Waals surface area contributed by atoms with Crippen LogP contribution in [0.15, 0.2) is 12.1 Å². The topological polar surface area (TPSA) is 82.6 Å². The zero-order chi connectivity index (χ0) is 16.6. The highest BCUT2D eigenvalue weighted by molar-refractivity contribution is 7.87. The van der Waals surface area contributed by atoms with Gasteiger partial charge in [0.1, 0.15) is 10.3 Å². The fourth-order valence-electron chi connectivity index (χ4n) is 2.99. The van der Waals surface area contributed by atoms with Crippen molar-refractivity contribution in [1.82, 2.24) is 18.9 Å². The summed E-state index contributed by atoms with van der Waals surface area (Å²) < 4.78 is 27.7. The van der Waals surface area contributed by atoms with Crippen LogP contribution >= 0.6 is 23.2 Å². The smallest absolute Gasteiger partial charge is 0.279 e. The van der Waals surface area contributed by atoms with Gasteiger partial charge in [-0.25, -0.2) is 9.71 Å². The van der Waals surface area contributed by atoms with Crippen molar-refractivity contribution in [3.63, 3.8) is 0 Å². The van der Waals surface area contributed by atoms with E-state index in [1.807, 2.05) is 0 Å². The number of carbonyl (C=O) groups excluding carboxylic acids is 1. The van der Waals surface area contributed by atoms with Gasteiger partial charge in [0, 0.05) is 37.8 Å². The lowest BCUT2D eigenvalue weighted by Crippen LogP contribution is -2.47. The SMILES string of the molecule is O=C(c1cc(Cl)nc(Cl)c1)N1CCC(N2CCNS2(=O)=O)CC1. The molecule has 1 amide bonds. The van der Waals surface area contributed by atoms with Gasteiger partial charge in [0.15, 0.2) is 0 Å². The van der Waals surface area contributed by atoms with Gasteiger partial charge in [-0.3, -0.25) is 4.79 Å². The van der Waals surface area contributed by atoms with Crippen molar-refractivity contribution in [1.29, 1.82) is 0 Å². The number of carbonyl (C=O) groups is 1. The Hall–Kier alpha value is -0.930. The Morgan fingerprint density at radius 1 is 1.17 bits per heavy atom. The van der Waals surface area contributed by atoms with Crippen LogP contribution in [0.4, 0.5) is 0 Å². The second-order valence-electron chi connectivity index (χ2n) is 5.53. The van der Waals surface area contributed by atoms with E-state index >= 15 is 0 Å². The first-order valence-corrected chi connectivity index (χ1v) is 9.45. The number of nitrogens with zero attached hydrogens (tertiary/aromatic N) is 3. The van der Waals surface area contributed by atoms with E-state index in [0.29, 0.717) is 44.6 Å². The second-order valence-corrected chi connectivity index (χ2v) is 8.02. The van der Waals surface area contributed by atoms with Crippen molar-refractivity contribution in [3.8, 4) is 0 Å². The Morgan fingerprint density at radius 2 is 1.78 bits per heavy atom. The normalized spacial score (nSPS) is 22.4. The number of amides is 1.